The van der Waals surface area contributed by atoms with Crippen LogP contribution in [0.2, 0.25) is 0 Å². The van der Waals surface area contributed by atoms with Crippen LogP contribution in [0.3, 0.4) is 0 Å². The molecule has 2 heterocycles. The van der Waals surface area contributed by atoms with Crippen molar-refractivity contribution in [3.05, 3.63) is 42.8 Å². The number of rotatable bonds is 0. The van der Waals surface area contributed by atoms with E-state index in [1.807, 2.05) is 33.8 Å². The van der Waals surface area contributed by atoms with Gasteiger partial charge in [-0.15, -0.1) is 0 Å². The molecule has 2 aromatic heterocycles. The number of hydrogen-bond acceptors (Lipinski definition) is 5. The van der Waals surface area contributed by atoms with Crippen molar-refractivity contribution in [3.8, 4) is 0 Å². The Morgan fingerprint density at radius 1 is 0.600 bits per heavy atom. The quantitative estimate of drug-likeness (QED) is 0.616. The SMILES string of the molecule is C.CC.CC.CC(C)(C)c1ncccn1.CC(C)(C)c1ncncn1. The van der Waals surface area contributed by atoms with Crippen LogP contribution in [0.25, 0.3) is 0 Å². The first-order chi connectivity index (χ1) is 11.2. The Balaban J connectivity index is -0.000000312. The Morgan fingerprint density at radius 2 is 0.920 bits per heavy atom. The van der Waals surface area contributed by atoms with Crippen molar-refractivity contribution in [2.24, 2.45) is 0 Å². The van der Waals surface area contributed by atoms with Crippen LogP contribution in [0.1, 0.15) is 88.3 Å². The predicted molar refractivity (Wildman–Crippen MR) is 109 cm³/mol. The van der Waals surface area contributed by atoms with E-state index < -0.39 is 0 Å². The van der Waals surface area contributed by atoms with Crippen molar-refractivity contribution in [3.63, 3.8) is 0 Å². The van der Waals surface area contributed by atoms with Gasteiger partial charge in [-0.3, -0.25) is 0 Å². The van der Waals surface area contributed by atoms with Gasteiger partial charge in [-0.2, -0.15) is 0 Å². The Morgan fingerprint density at radius 3 is 1.16 bits per heavy atom. The number of nitrogens with zero attached hydrogens (tertiary/aromatic N) is 5. The first-order valence-corrected chi connectivity index (χ1v) is 8.61. The minimum atomic E-state index is 0. The van der Waals surface area contributed by atoms with Crippen LogP contribution in [0.15, 0.2) is 31.1 Å². The summed E-state index contributed by atoms with van der Waals surface area (Å²) in [6, 6.07) is 1.83. The first-order valence-electron chi connectivity index (χ1n) is 8.61. The molecular formula is C20H39N5. The molecule has 0 radical (unpaired) electrons. The van der Waals surface area contributed by atoms with Crippen LogP contribution in [-0.4, -0.2) is 24.9 Å². The van der Waals surface area contributed by atoms with E-state index in [0.717, 1.165) is 11.6 Å². The van der Waals surface area contributed by atoms with Gasteiger partial charge >= 0.3 is 0 Å². The van der Waals surface area contributed by atoms with Crippen LogP contribution in [-0.2, 0) is 10.8 Å². The zero-order chi connectivity index (χ0) is 19.2. The summed E-state index contributed by atoms with van der Waals surface area (Å²) < 4.78 is 0. The Kier molecular flexibility index (Phi) is 16.1. The molecule has 25 heavy (non-hydrogen) atoms. The average molecular weight is 350 g/mol. The van der Waals surface area contributed by atoms with Crippen LogP contribution in [0.4, 0.5) is 0 Å². The third kappa shape index (κ3) is 13.1. The van der Waals surface area contributed by atoms with Gasteiger partial charge in [0.15, 0.2) is 0 Å². The largest absolute Gasteiger partial charge is 0.241 e. The van der Waals surface area contributed by atoms with Crippen LogP contribution >= 0.6 is 0 Å². The Bertz CT molecular complexity index is 450. The standard InChI is InChI=1S/C8H12N2.C7H11N3.2C2H6.CH4/c1-8(2,3)7-9-5-4-6-10-7;1-7(2,3)6-9-4-8-5-10-6;2*1-2;/h4-6H,1-3H3;4-5H,1-3H3;2*1-2H3;1H4. The molecule has 144 valence electrons. The van der Waals surface area contributed by atoms with Gasteiger partial charge in [-0.05, 0) is 6.07 Å². The molecule has 0 aliphatic rings. The molecule has 2 aromatic rings. The minimum absolute atomic E-state index is 0. The summed E-state index contributed by atoms with van der Waals surface area (Å²) in [6.07, 6.45) is 6.59. The van der Waals surface area contributed by atoms with Gasteiger partial charge in [0.05, 0.1) is 0 Å². The monoisotopic (exact) mass is 349 g/mol. The van der Waals surface area contributed by atoms with Gasteiger partial charge in [-0.25, -0.2) is 24.9 Å². The molecule has 5 nitrogen and oxygen atoms in total. The summed E-state index contributed by atoms with van der Waals surface area (Å²) in [5, 5.41) is 0. The lowest BCUT2D eigenvalue weighted by atomic mass is 9.96. The van der Waals surface area contributed by atoms with Crippen LogP contribution in [0, 0.1) is 0 Å². The fraction of sp³-hybridized carbons (Fsp3) is 0.650. The predicted octanol–water partition coefficient (Wildman–Crippen LogP) is 5.63. The molecule has 0 unspecified atom stereocenters. The zero-order valence-electron chi connectivity index (χ0n) is 17.1. The molecule has 0 N–H and O–H groups in total. The third-order valence-corrected chi connectivity index (χ3v) is 2.40. The highest BCUT2D eigenvalue weighted by molar-refractivity contribution is 5.00. The second-order valence-electron chi connectivity index (χ2n) is 6.53. The highest BCUT2D eigenvalue weighted by Gasteiger charge is 2.16. The van der Waals surface area contributed by atoms with E-state index in [0.29, 0.717) is 0 Å². The fourth-order valence-electron chi connectivity index (χ4n) is 1.31. The van der Waals surface area contributed by atoms with Gasteiger partial charge in [0.2, 0.25) is 0 Å². The van der Waals surface area contributed by atoms with E-state index >= 15 is 0 Å². The van der Waals surface area contributed by atoms with Crippen molar-refractivity contribution < 1.29 is 0 Å². The van der Waals surface area contributed by atoms with Crippen molar-refractivity contribution in [1.29, 1.82) is 0 Å². The maximum Gasteiger partial charge on any atom is 0.137 e. The van der Waals surface area contributed by atoms with Crippen molar-refractivity contribution in [2.75, 3.05) is 0 Å². The van der Waals surface area contributed by atoms with Gasteiger partial charge in [0, 0.05) is 23.2 Å². The maximum absolute atomic E-state index is 4.14. The molecule has 0 aromatic carbocycles. The fourth-order valence-corrected chi connectivity index (χ4v) is 1.31. The zero-order valence-corrected chi connectivity index (χ0v) is 17.1. The van der Waals surface area contributed by atoms with Crippen LogP contribution < -0.4 is 0 Å². The molecule has 0 amide bonds. The maximum atomic E-state index is 4.14. The lowest BCUT2D eigenvalue weighted by Gasteiger charge is -2.14. The van der Waals surface area contributed by atoms with Crippen molar-refractivity contribution in [2.45, 2.75) is 87.5 Å². The molecule has 0 aliphatic carbocycles. The molecule has 0 saturated carbocycles. The molecule has 5 heteroatoms. The summed E-state index contributed by atoms with van der Waals surface area (Å²) in [6.45, 7) is 20.5. The normalized spacial score (nSPS) is 9.68. The van der Waals surface area contributed by atoms with E-state index in [4.69, 9.17) is 0 Å². The van der Waals surface area contributed by atoms with E-state index in [2.05, 4.69) is 66.5 Å². The summed E-state index contributed by atoms with van der Waals surface area (Å²) in [7, 11) is 0. The molecule has 0 bridgehead atoms. The lowest BCUT2D eigenvalue weighted by molar-refractivity contribution is 0.541. The highest BCUT2D eigenvalue weighted by Crippen LogP contribution is 2.16. The van der Waals surface area contributed by atoms with E-state index in [-0.39, 0.29) is 18.3 Å². The minimum Gasteiger partial charge on any atom is -0.241 e. The third-order valence-electron chi connectivity index (χ3n) is 2.40. The molecular weight excluding hydrogens is 310 g/mol. The second kappa shape index (κ2) is 14.4. The van der Waals surface area contributed by atoms with Gasteiger partial charge < -0.3 is 0 Å². The summed E-state index contributed by atoms with van der Waals surface area (Å²) in [5.41, 5.74) is 0.101. The summed E-state index contributed by atoms with van der Waals surface area (Å²) in [4.78, 5) is 20.1. The molecule has 0 aliphatic heterocycles. The van der Waals surface area contributed by atoms with Crippen molar-refractivity contribution in [1.82, 2.24) is 24.9 Å². The molecule has 0 spiro atoms. The van der Waals surface area contributed by atoms with E-state index in [1.165, 1.54) is 12.7 Å². The number of aromatic nitrogens is 5. The summed E-state index contributed by atoms with van der Waals surface area (Å²) >= 11 is 0. The topological polar surface area (TPSA) is 64.5 Å². The number of hydrogen-bond donors (Lipinski definition) is 0. The van der Waals surface area contributed by atoms with E-state index in [9.17, 15) is 0 Å². The molecule has 0 fully saturated rings. The van der Waals surface area contributed by atoms with Crippen LogP contribution in [0.5, 0.6) is 0 Å². The van der Waals surface area contributed by atoms with Gasteiger partial charge in [0.25, 0.3) is 0 Å². The molecule has 0 saturated heterocycles. The summed E-state index contributed by atoms with van der Waals surface area (Å²) in [5.74, 6) is 1.73. The van der Waals surface area contributed by atoms with Crippen molar-refractivity contribution >= 4 is 0 Å². The van der Waals surface area contributed by atoms with E-state index in [1.54, 1.807) is 12.4 Å². The highest BCUT2D eigenvalue weighted by atomic mass is 15.0. The molecule has 2 rings (SSSR count). The second-order valence-corrected chi connectivity index (χ2v) is 6.53. The Hall–Kier alpha value is -1.91. The lowest BCUT2D eigenvalue weighted by Crippen LogP contribution is -2.15. The molecule has 0 atom stereocenters. The smallest absolute Gasteiger partial charge is 0.137 e. The average Bonchev–Trinajstić information content (AvgIpc) is 2.59. The van der Waals surface area contributed by atoms with Gasteiger partial charge in [-0.1, -0.05) is 76.7 Å². The Labute approximate surface area is 155 Å². The first kappa shape index (κ1) is 27.9. The van der Waals surface area contributed by atoms with Gasteiger partial charge in [0.1, 0.15) is 24.3 Å².